The highest BCUT2D eigenvalue weighted by atomic mass is 16.5. The Kier molecular flexibility index (Phi) is 4.55. The van der Waals surface area contributed by atoms with Crippen LogP contribution < -0.4 is 10.6 Å². The van der Waals surface area contributed by atoms with Gasteiger partial charge < -0.3 is 15.4 Å². The zero-order valence-corrected chi connectivity index (χ0v) is 10.5. The molecular formula is C12H21N3O. The average Bonchev–Trinajstić information content (AvgIpc) is 2.21. The van der Waals surface area contributed by atoms with E-state index in [9.17, 15) is 0 Å². The molecule has 0 unspecified atom stereocenters. The third-order valence-electron chi connectivity index (χ3n) is 2.41. The summed E-state index contributed by atoms with van der Waals surface area (Å²) in [7, 11) is 2.00. The highest BCUT2D eigenvalue weighted by molar-refractivity contribution is 5.51. The van der Waals surface area contributed by atoms with Crippen molar-refractivity contribution in [1.82, 2.24) is 4.98 Å². The van der Waals surface area contributed by atoms with Crippen LogP contribution in [-0.4, -0.2) is 31.3 Å². The van der Waals surface area contributed by atoms with Crippen molar-refractivity contribution in [1.29, 1.82) is 0 Å². The van der Waals surface area contributed by atoms with Gasteiger partial charge in [0, 0.05) is 13.6 Å². The van der Waals surface area contributed by atoms with E-state index in [4.69, 9.17) is 10.5 Å². The molecule has 1 rings (SSSR count). The van der Waals surface area contributed by atoms with Crippen molar-refractivity contribution in [2.75, 3.05) is 30.8 Å². The van der Waals surface area contributed by atoms with Crippen LogP contribution in [0, 0.1) is 6.92 Å². The molecule has 0 radical (unpaired) electrons. The van der Waals surface area contributed by atoms with Crippen LogP contribution in [0.1, 0.15) is 19.4 Å². The fraction of sp³-hybridized carbons (Fsp3) is 0.583. The first-order valence-corrected chi connectivity index (χ1v) is 5.55. The van der Waals surface area contributed by atoms with Crippen LogP contribution in [0.2, 0.25) is 0 Å². The van der Waals surface area contributed by atoms with Crippen LogP contribution in [0.15, 0.2) is 12.3 Å². The molecule has 0 bridgehead atoms. The molecule has 4 nitrogen and oxygen atoms in total. The van der Waals surface area contributed by atoms with E-state index in [1.165, 1.54) is 0 Å². The number of anilines is 2. The predicted octanol–water partition coefficient (Wildman–Crippen LogP) is 1.83. The van der Waals surface area contributed by atoms with Gasteiger partial charge in [-0.3, -0.25) is 0 Å². The largest absolute Gasteiger partial charge is 0.397 e. The van der Waals surface area contributed by atoms with E-state index in [0.29, 0.717) is 6.61 Å². The Morgan fingerprint density at radius 2 is 2.19 bits per heavy atom. The van der Waals surface area contributed by atoms with Crippen molar-refractivity contribution in [3.05, 3.63) is 17.8 Å². The minimum absolute atomic E-state index is 0.273. The summed E-state index contributed by atoms with van der Waals surface area (Å²) in [6.45, 7) is 7.59. The molecule has 0 aliphatic heterocycles. The molecule has 0 saturated heterocycles. The molecule has 0 fully saturated rings. The number of nitrogens with zero attached hydrogens (tertiary/aromatic N) is 2. The summed E-state index contributed by atoms with van der Waals surface area (Å²) in [4.78, 5) is 6.35. The van der Waals surface area contributed by atoms with Crippen molar-refractivity contribution in [2.45, 2.75) is 26.9 Å². The van der Waals surface area contributed by atoms with Crippen LogP contribution in [0.4, 0.5) is 11.5 Å². The maximum Gasteiger partial charge on any atom is 0.128 e. The van der Waals surface area contributed by atoms with Gasteiger partial charge in [-0.05, 0) is 32.4 Å². The maximum atomic E-state index is 5.72. The Morgan fingerprint density at radius 1 is 1.50 bits per heavy atom. The molecule has 0 atom stereocenters. The Bertz CT molecular complexity index is 339. The Hall–Kier alpha value is -1.29. The van der Waals surface area contributed by atoms with Crippen molar-refractivity contribution in [3.63, 3.8) is 0 Å². The third-order valence-corrected chi connectivity index (χ3v) is 2.41. The predicted molar refractivity (Wildman–Crippen MR) is 67.7 cm³/mol. The third kappa shape index (κ3) is 3.70. The van der Waals surface area contributed by atoms with Crippen molar-refractivity contribution < 1.29 is 4.74 Å². The number of hydrogen-bond donors (Lipinski definition) is 1. The van der Waals surface area contributed by atoms with Gasteiger partial charge in [0.1, 0.15) is 5.82 Å². The number of ether oxygens (including phenoxy) is 1. The second-order valence-corrected chi connectivity index (χ2v) is 4.24. The van der Waals surface area contributed by atoms with E-state index in [1.54, 1.807) is 6.20 Å². The van der Waals surface area contributed by atoms with Crippen molar-refractivity contribution >= 4 is 11.5 Å². The molecule has 16 heavy (non-hydrogen) atoms. The molecule has 2 N–H and O–H groups in total. The summed E-state index contributed by atoms with van der Waals surface area (Å²) in [6, 6.07) is 1.99. The monoisotopic (exact) mass is 223 g/mol. The second kappa shape index (κ2) is 5.70. The average molecular weight is 223 g/mol. The van der Waals surface area contributed by atoms with E-state index < -0.39 is 0 Å². The van der Waals surface area contributed by atoms with E-state index in [-0.39, 0.29) is 6.10 Å². The molecule has 0 aliphatic carbocycles. The van der Waals surface area contributed by atoms with Crippen molar-refractivity contribution in [2.24, 2.45) is 0 Å². The van der Waals surface area contributed by atoms with Crippen LogP contribution in [0.3, 0.4) is 0 Å². The Balaban J connectivity index is 2.52. The first-order chi connectivity index (χ1) is 7.50. The summed E-state index contributed by atoms with van der Waals surface area (Å²) in [5, 5.41) is 0. The number of pyridine rings is 1. The highest BCUT2D eigenvalue weighted by Crippen LogP contribution is 2.15. The fourth-order valence-corrected chi connectivity index (χ4v) is 1.30. The minimum atomic E-state index is 0.273. The number of aryl methyl sites for hydroxylation is 1. The van der Waals surface area contributed by atoms with Gasteiger partial charge in [0.2, 0.25) is 0 Å². The van der Waals surface area contributed by atoms with E-state index >= 15 is 0 Å². The topological polar surface area (TPSA) is 51.4 Å². The zero-order valence-electron chi connectivity index (χ0n) is 10.5. The van der Waals surface area contributed by atoms with Gasteiger partial charge in [-0.1, -0.05) is 0 Å². The van der Waals surface area contributed by atoms with E-state index in [2.05, 4.69) is 9.88 Å². The summed E-state index contributed by atoms with van der Waals surface area (Å²) in [6.07, 6.45) is 1.97. The van der Waals surface area contributed by atoms with Gasteiger partial charge in [-0.15, -0.1) is 0 Å². The Labute approximate surface area is 97.4 Å². The summed E-state index contributed by atoms with van der Waals surface area (Å²) < 4.78 is 5.49. The SMILES string of the molecule is Cc1cc(N(C)CCOC(C)C)ncc1N. The minimum Gasteiger partial charge on any atom is -0.397 e. The lowest BCUT2D eigenvalue weighted by Gasteiger charge is -2.19. The highest BCUT2D eigenvalue weighted by Gasteiger charge is 2.04. The molecular weight excluding hydrogens is 202 g/mol. The van der Waals surface area contributed by atoms with Gasteiger partial charge in [-0.2, -0.15) is 0 Å². The standard InChI is InChI=1S/C12H21N3O/c1-9(2)16-6-5-15(4)12-7-10(3)11(13)8-14-12/h7-9H,5-6,13H2,1-4H3. The number of nitrogens with two attached hydrogens (primary N) is 1. The van der Waals surface area contributed by atoms with Crippen LogP contribution in [-0.2, 0) is 4.74 Å². The van der Waals surface area contributed by atoms with Crippen LogP contribution in [0.25, 0.3) is 0 Å². The number of aromatic nitrogens is 1. The lowest BCUT2D eigenvalue weighted by molar-refractivity contribution is 0.0845. The second-order valence-electron chi connectivity index (χ2n) is 4.24. The Morgan fingerprint density at radius 3 is 2.75 bits per heavy atom. The molecule has 0 saturated carbocycles. The molecule has 1 heterocycles. The van der Waals surface area contributed by atoms with Gasteiger partial charge in [0.05, 0.1) is 24.6 Å². The summed E-state index contributed by atoms with van der Waals surface area (Å²) in [5.41, 5.74) is 7.51. The number of likely N-dealkylation sites (N-methyl/N-ethyl adjacent to an activating group) is 1. The van der Waals surface area contributed by atoms with Gasteiger partial charge in [0.15, 0.2) is 0 Å². The maximum absolute atomic E-state index is 5.72. The molecule has 1 aromatic rings. The quantitative estimate of drug-likeness (QED) is 0.827. The van der Waals surface area contributed by atoms with Gasteiger partial charge in [-0.25, -0.2) is 4.98 Å². The number of rotatable bonds is 5. The zero-order chi connectivity index (χ0) is 12.1. The van der Waals surface area contributed by atoms with Gasteiger partial charge in [0.25, 0.3) is 0 Å². The molecule has 0 aliphatic rings. The normalized spacial score (nSPS) is 10.8. The van der Waals surface area contributed by atoms with Crippen LogP contribution >= 0.6 is 0 Å². The lowest BCUT2D eigenvalue weighted by Crippen LogP contribution is -2.24. The van der Waals surface area contributed by atoms with Crippen LogP contribution in [0.5, 0.6) is 0 Å². The fourth-order valence-electron chi connectivity index (χ4n) is 1.30. The van der Waals surface area contributed by atoms with Gasteiger partial charge >= 0.3 is 0 Å². The number of nitrogen functional groups attached to an aromatic ring is 1. The summed E-state index contributed by atoms with van der Waals surface area (Å²) in [5.74, 6) is 0.930. The number of hydrogen-bond acceptors (Lipinski definition) is 4. The lowest BCUT2D eigenvalue weighted by atomic mass is 10.2. The first-order valence-electron chi connectivity index (χ1n) is 5.55. The molecule has 0 aromatic carbocycles. The molecule has 0 spiro atoms. The molecule has 4 heteroatoms. The van der Waals surface area contributed by atoms with E-state index in [0.717, 1.165) is 23.6 Å². The molecule has 0 amide bonds. The van der Waals surface area contributed by atoms with E-state index in [1.807, 2.05) is 33.9 Å². The molecule has 90 valence electrons. The first kappa shape index (κ1) is 12.8. The summed E-state index contributed by atoms with van der Waals surface area (Å²) >= 11 is 0. The smallest absolute Gasteiger partial charge is 0.128 e. The van der Waals surface area contributed by atoms with Crippen molar-refractivity contribution in [3.8, 4) is 0 Å². The molecule has 1 aromatic heterocycles.